The number of amides is 2. The van der Waals surface area contributed by atoms with Crippen molar-refractivity contribution < 1.29 is 23.8 Å². The summed E-state index contributed by atoms with van der Waals surface area (Å²) in [6.07, 6.45) is 3.11. The highest BCUT2D eigenvalue weighted by molar-refractivity contribution is 5.83. The quantitative estimate of drug-likeness (QED) is 0.0819. The van der Waals surface area contributed by atoms with Crippen molar-refractivity contribution in [3.8, 4) is 17.0 Å². The summed E-state index contributed by atoms with van der Waals surface area (Å²) in [6, 6.07) is 28.8. The van der Waals surface area contributed by atoms with Crippen LogP contribution in [0.1, 0.15) is 60.9 Å². The predicted molar refractivity (Wildman–Crippen MR) is 203 cm³/mol. The second-order valence-electron chi connectivity index (χ2n) is 13.1. The summed E-state index contributed by atoms with van der Waals surface area (Å²) in [5.41, 5.74) is 8.08. The maximum Gasteiger partial charge on any atom is 0.227 e. The van der Waals surface area contributed by atoms with Gasteiger partial charge < -0.3 is 30.2 Å². The Kier molecular flexibility index (Phi) is 16.6. The van der Waals surface area contributed by atoms with Gasteiger partial charge in [0.15, 0.2) is 0 Å². The van der Waals surface area contributed by atoms with Gasteiger partial charge in [-0.3, -0.25) is 9.59 Å². The molecule has 0 saturated carbocycles. The van der Waals surface area contributed by atoms with Crippen molar-refractivity contribution in [1.29, 1.82) is 0 Å². The molecule has 0 spiro atoms. The molecule has 0 aliphatic rings. The van der Waals surface area contributed by atoms with Crippen molar-refractivity contribution in [2.24, 2.45) is 5.92 Å². The predicted octanol–water partition coefficient (Wildman–Crippen LogP) is 6.38. The molecule has 0 radical (unpaired) electrons. The van der Waals surface area contributed by atoms with E-state index in [1.165, 1.54) is 22.3 Å². The zero-order chi connectivity index (χ0) is 36.3. The number of carbonyl (C=O) groups is 2. The number of benzene rings is 3. The van der Waals surface area contributed by atoms with Crippen molar-refractivity contribution in [3.63, 3.8) is 0 Å². The largest absolute Gasteiger partial charge is 0.473 e. The molecule has 3 aromatic carbocycles. The second kappa shape index (κ2) is 21.6. The van der Waals surface area contributed by atoms with Crippen LogP contribution in [0, 0.1) is 12.8 Å². The molecular weight excluding hydrogens is 640 g/mol. The van der Waals surface area contributed by atoms with E-state index in [1.54, 1.807) is 0 Å². The minimum Gasteiger partial charge on any atom is -0.473 e. The summed E-state index contributed by atoms with van der Waals surface area (Å²) in [6.45, 7) is 12.7. The lowest BCUT2D eigenvalue weighted by atomic mass is 9.96. The van der Waals surface area contributed by atoms with Crippen LogP contribution in [-0.2, 0) is 38.6 Å². The summed E-state index contributed by atoms with van der Waals surface area (Å²) < 4.78 is 17.1. The average Bonchev–Trinajstić information content (AvgIpc) is 3.14. The molecule has 0 aliphatic carbocycles. The van der Waals surface area contributed by atoms with E-state index >= 15 is 0 Å². The van der Waals surface area contributed by atoms with Gasteiger partial charge in [0, 0.05) is 44.9 Å². The molecule has 0 aliphatic heterocycles. The van der Waals surface area contributed by atoms with Crippen LogP contribution < -0.4 is 20.7 Å². The van der Waals surface area contributed by atoms with Crippen molar-refractivity contribution in [1.82, 2.24) is 20.9 Å². The molecule has 51 heavy (non-hydrogen) atoms. The number of nitrogens with one attached hydrogen (secondary N) is 3. The maximum absolute atomic E-state index is 12.5. The number of carbonyl (C=O) groups excluding carboxylic acids is 2. The fourth-order valence-electron chi connectivity index (χ4n) is 5.58. The van der Waals surface area contributed by atoms with Crippen LogP contribution in [0.3, 0.4) is 0 Å². The first kappa shape index (κ1) is 39.2. The van der Waals surface area contributed by atoms with Crippen LogP contribution in [-0.4, -0.2) is 62.9 Å². The molecule has 1 unspecified atom stereocenters. The molecule has 3 N–H and O–H groups in total. The summed E-state index contributed by atoms with van der Waals surface area (Å²) in [5.74, 6) is 0.780. The van der Waals surface area contributed by atoms with E-state index < -0.39 is 0 Å². The minimum absolute atomic E-state index is 0.0522. The molecule has 1 aromatic heterocycles. The number of ether oxygens (including phenoxy) is 3. The first-order chi connectivity index (χ1) is 24.8. The topological polar surface area (TPSA) is 111 Å². The number of rotatable bonds is 22. The third kappa shape index (κ3) is 13.9. The van der Waals surface area contributed by atoms with Gasteiger partial charge in [0.2, 0.25) is 17.7 Å². The Morgan fingerprint density at radius 3 is 2.20 bits per heavy atom. The number of aromatic nitrogens is 1. The Morgan fingerprint density at radius 1 is 0.745 bits per heavy atom. The number of nitrogens with zero attached hydrogens (tertiary/aromatic N) is 1. The van der Waals surface area contributed by atoms with Gasteiger partial charge in [-0.05, 0) is 65.1 Å². The van der Waals surface area contributed by atoms with Crippen LogP contribution in [0.2, 0.25) is 0 Å². The summed E-state index contributed by atoms with van der Waals surface area (Å²) in [5, 5.41) is 9.08. The molecule has 0 fully saturated rings. The van der Waals surface area contributed by atoms with E-state index in [0.717, 1.165) is 23.1 Å². The Labute approximate surface area is 303 Å². The van der Waals surface area contributed by atoms with E-state index in [2.05, 4.69) is 96.3 Å². The van der Waals surface area contributed by atoms with Gasteiger partial charge in [-0.1, -0.05) is 92.7 Å². The Morgan fingerprint density at radius 2 is 1.47 bits per heavy atom. The minimum atomic E-state index is -0.249. The van der Waals surface area contributed by atoms with Crippen LogP contribution in [0.4, 0.5) is 0 Å². The fourth-order valence-corrected chi connectivity index (χ4v) is 5.58. The highest BCUT2D eigenvalue weighted by atomic mass is 16.5. The van der Waals surface area contributed by atoms with Gasteiger partial charge >= 0.3 is 0 Å². The molecule has 9 heteroatoms. The van der Waals surface area contributed by atoms with Crippen molar-refractivity contribution in [2.75, 3.05) is 46.1 Å². The smallest absolute Gasteiger partial charge is 0.227 e. The Balaban J connectivity index is 0.972. The lowest BCUT2D eigenvalue weighted by Crippen LogP contribution is -2.36. The summed E-state index contributed by atoms with van der Waals surface area (Å²) >= 11 is 0. The zero-order valence-corrected chi connectivity index (χ0v) is 30.6. The van der Waals surface area contributed by atoms with E-state index in [1.807, 2.05) is 43.5 Å². The van der Waals surface area contributed by atoms with Gasteiger partial charge in [-0.15, -0.1) is 0 Å². The van der Waals surface area contributed by atoms with Crippen molar-refractivity contribution in [2.45, 2.75) is 59.6 Å². The normalized spacial score (nSPS) is 11.7. The SMILES string of the molecule is Cc1c(COc2ccc(CNCCOCCOCCC(=O)NCCNC(=O)C(C)c3ccc(CC(C)C)cc3)cn2)cccc1-c1ccccc1. The zero-order valence-electron chi connectivity index (χ0n) is 30.6. The van der Waals surface area contributed by atoms with Crippen LogP contribution >= 0.6 is 0 Å². The molecule has 9 nitrogen and oxygen atoms in total. The summed E-state index contributed by atoms with van der Waals surface area (Å²) in [4.78, 5) is 29.1. The molecule has 1 atom stereocenters. The Bertz CT molecular complexity index is 1610. The van der Waals surface area contributed by atoms with Gasteiger partial charge in [-0.25, -0.2) is 4.98 Å². The highest BCUT2D eigenvalue weighted by Crippen LogP contribution is 2.26. The molecule has 2 amide bonds. The molecular formula is C42H54N4O5. The number of pyridine rings is 1. The fraction of sp³-hybridized carbons (Fsp3) is 0.405. The first-order valence-corrected chi connectivity index (χ1v) is 18.0. The van der Waals surface area contributed by atoms with Crippen LogP contribution in [0.15, 0.2) is 91.1 Å². The lowest BCUT2D eigenvalue weighted by Gasteiger charge is -2.14. The average molecular weight is 695 g/mol. The Hall–Kier alpha value is -4.57. The van der Waals surface area contributed by atoms with Crippen LogP contribution in [0.25, 0.3) is 11.1 Å². The van der Waals surface area contributed by atoms with Crippen molar-refractivity contribution >= 4 is 11.8 Å². The molecule has 4 aromatic rings. The maximum atomic E-state index is 12.5. The summed E-state index contributed by atoms with van der Waals surface area (Å²) in [7, 11) is 0. The lowest BCUT2D eigenvalue weighted by molar-refractivity contribution is -0.124. The van der Waals surface area contributed by atoms with E-state index in [4.69, 9.17) is 14.2 Å². The molecule has 1 heterocycles. The van der Waals surface area contributed by atoms with Gasteiger partial charge in [0.05, 0.1) is 32.3 Å². The van der Waals surface area contributed by atoms with E-state index in [-0.39, 0.29) is 24.2 Å². The third-order valence-corrected chi connectivity index (χ3v) is 8.57. The number of hydrogen-bond acceptors (Lipinski definition) is 7. The van der Waals surface area contributed by atoms with Gasteiger partial charge in [-0.2, -0.15) is 0 Å². The molecule has 0 bridgehead atoms. The van der Waals surface area contributed by atoms with E-state index in [9.17, 15) is 9.59 Å². The second-order valence-corrected chi connectivity index (χ2v) is 13.1. The standard InChI is InChI=1S/C42H54N4O5/c1-31(2)27-34-13-16-36(17-14-34)33(4)42(48)45-21-20-44-40(47)19-23-49-25-26-50-24-22-43-28-35-15-18-41(46-29-35)51-30-38-11-8-12-39(32(38)3)37-9-6-5-7-10-37/h5-18,29,31,33,43H,19-28,30H2,1-4H3,(H,44,47)(H,45,48). The van der Waals surface area contributed by atoms with Gasteiger partial charge in [0.1, 0.15) is 6.61 Å². The van der Waals surface area contributed by atoms with E-state index in [0.29, 0.717) is 71.0 Å². The third-order valence-electron chi connectivity index (χ3n) is 8.57. The highest BCUT2D eigenvalue weighted by Gasteiger charge is 2.15. The van der Waals surface area contributed by atoms with Gasteiger partial charge in [0.25, 0.3) is 0 Å². The molecule has 4 rings (SSSR count). The first-order valence-electron chi connectivity index (χ1n) is 18.0. The molecule has 272 valence electrons. The van der Waals surface area contributed by atoms with Crippen LogP contribution in [0.5, 0.6) is 5.88 Å². The monoisotopic (exact) mass is 694 g/mol. The van der Waals surface area contributed by atoms with Crippen molar-refractivity contribution in [3.05, 3.63) is 119 Å². The number of hydrogen-bond donors (Lipinski definition) is 3. The molecule has 0 saturated heterocycles.